The minimum Gasteiger partial charge on any atom is -0.326 e. The zero-order valence-corrected chi connectivity index (χ0v) is 14.4. The summed E-state index contributed by atoms with van der Waals surface area (Å²) in [6.45, 7) is 0. The van der Waals surface area contributed by atoms with Gasteiger partial charge in [0, 0.05) is 27.7 Å². The molecule has 5 nitrogen and oxygen atoms in total. The van der Waals surface area contributed by atoms with Crippen molar-refractivity contribution in [2.45, 2.75) is 12.3 Å². The Morgan fingerprint density at radius 1 is 1.12 bits per heavy atom. The van der Waals surface area contributed by atoms with E-state index in [4.69, 9.17) is 34.8 Å². The number of hydrogen-bond donors (Lipinski definition) is 1. The zero-order chi connectivity index (χ0) is 17.4. The maximum Gasteiger partial charge on any atom is 0.289 e. The van der Waals surface area contributed by atoms with Crippen LogP contribution in [0.5, 0.6) is 0 Å². The number of carbonyl (C=O) groups excluding carboxylic acids is 1. The molecule has 0 radical (unpaired) electrons. The van der Waals surface area contributed by atoms with Crippen molar-refractivity contribution in [2.24, 2.45) is 5.92 Å². The van der Waals surface area contributed by atoms with E-state index >= 15 is 0 Å². The van der Waals surface area contributed by atoms with Gasteiger partial charge in [0.15, 0.2) is 0 Å². The molecule has 0 spiro atoms. The molecule has 0 saturated heterocycles. The number of benzene rings is 2. The molecular formula is C16H11Cl3N2O3. The quantitative estimate of drug-likeness (QED) is 0.573. The number of hydrogen-bond acceptors (Lipinski definition) is 3. The van der Waals surface area contributed by atoms with Gasteiger partial charge in [-0.3, -0.25) is 14.9 Å². The van der Waals surface area contributed by atoms with E-state index in [-0.39, 0.29) is 28.5 Å². The highest BCUT2D eigenvalue weighted by Gasteiger charge is 2.44. The molecule has 1 amide bonds. The van der Waals surface area contributed by atoms with E-state index in [1.165, 1.54) is 18.2 Å². The van der Waals surface area contributed by atoms with E-state index < -0.39 is 4.92 Å². The number of nitrogens with zero attached hydrogens (tertiary/aromatic N) is 1. The van der Waals surface area contributed by atoms with E-state index in [0.29, 0.717) is 22.2 Å². The predicted octanol–water partition coefficient (Wildman–Crippen LogP) is 5.30. The van der Waals surface area contributed by atoms with E-state index in [0.717, 1.165) is 5.56 Å². The van der Waals surface area contributed by atoms with Crippen LogP contribution in [0.25, 0.3) is 0 Å². The number of carbonyl (C=O) groups is 1. The molecule has 0 bridgehead atoms. The maximum absolute atomic E-state index is 12.3. The first-order valence-corrected chi connectivity index (χ1v) is 8.19. The molecule has 124 valence electrons. The normalized spacial score (nSPS) is 19.0. The summed E-state index contributed by atoms with van der Waals surface area (Å²) in [6.07, 6.45) is 0.679. The first-order valence-electron chi connectivity index (χ1n) is 7.06. The van der Waals surface area contributed by atoms with Crippen molar-refractivity contribution in [1.29, 1.82) is 0 Å². The molecule has 2 unspecified atom stereocenters. The zero-order valence-electron chi connectivity index (χ0n) is 12.1. The fourth-order valence-corrected chi connectivity index (χ4v) is 3.34. The molecule has 8 heteroatoms. The summed E-state index contributed by atoms with van der Waals surface area (Å²) in [7, 11) is 0. The van der Waals surface area contributed by atoms with Crippen LogP contribution in [0.1, 0.15) is 17.9 Å². The van der Waals surface area contributed by atoms with Crippen molar-refractivity contribution in [3.63, 3.8) is 0 Å². The first-order chi connectivity index (χ1) is 11.3. The third-order valence-electron chi connectivity index (χ3n) is 3.85. The smallest absolute Gasteiger partial charge is 0.289 e. The van der Waals surface area contributed by atoms with Crippen LogP contribution >= 0.6 is 34.8 Å². The summed E-state index contributed by atoms with van der Waals surface area (Å²) in [6, 6.07) is 9.37. The van der Waals surface area contributed by atoms with Crippen molar-refractivity contribution in [2.75, 3.05) is 5.32 Å². The Bertz CT molecular complexity index is 821. The second-order valence-corrected chi connectivity index (χ2v) is 6.84. The summed E-state index contributed by atoms with van der Waals surface area (Å²) < 4.78 is 0. The average Bonchev–Trinajstić information content (AvgIpc) is 3.28. The molecule has 3 rings (SSSR count). The molecule has 1 aliphatic rings. The Balaban J connectivity index is 1.71. The Kier molecular flexibility index (Phi) is 4.67. The number of rotatable bonds is 4. The van der Waals surface area contributed by atoms with E-state index in [1.54, 1.807) is 18.2 Å². The molecule has 24 heavy (non-hydrogen) atoms. The minimum absolute atomic E-state index is 0.0240. The maximum atomic E-state index is 12.3. The standard InChI is InChI=1S/C16H11Cl3N2O3/c17-9-3-8(4-10(18)5-9)12-7-13(12)16(22)20-11-1-2-14(19)15(6-11)21(23)24/h1-6,12-13H,7H2,(H,20,22). The van der Waals surface area contributed by atoms with Crippen LogP contribution in [0.15, 0.2) is 36.4 Å². The summed E-state index contributed by atoms with van der Waals surface area (Å²) >= 11 is 17.7. The van der Waals surface area contributed by atoms with Crippen molar-refractivity contribution >= 4 is 52.1 Å². The van der Waals surface area contributed by atoms with Crippen molar-refractivity contribution in [3.8, 4) is 0 Å². The Labute approximate surface area is 152 Å². The van der Waals surface area contributed by atoms with Gasteiger partial charge in [0.05, 0.1) is 4.92 Å². The molecule has 1 fully saturated rings. The topological polar surface area (TPSA) is 72.2 Å². The van der Waals surface area contributed by atoms with E-state index in [2.05, 4.69) is 5.32 Å². The van der Waals surface area contributed by atoms with Gasteiger partial charge >= 0.3 is 0 Å². The highest BCUT2D eigenvalue weighted by atomic mass is 35.5. The van der Waals surface area contributed by atoms with Crippen LogP contribution in [0.2, 0.25) is 15.1 Å². The van der Waals surface area contributed by atoms with Crippen LogP contribution in [0.4, 0.5) is 11.4 Å². The van der Waals surface area contributed by atoms with Crippen LogP contribution in [-0.4, -0.2) is 10.8 Å². The summed E-state index contributed by atoms with van der Waals surface area (Å²) in [4.78, 5) is 22.6. The Morgan fingerprint density at radius 2 is 1.79 bits per heavy atom. The van der Waals surface area contributed by atoms with Crippen molar-refractivity contribution in [1.82, 2.24) is 0 Å². The van der Waals surface area contributed by atoms with Crippen LogP contribution in [0, 0.1) is 16.0 Å². The second kappa shape index (κ2) is 6.59. The van der Waals surface area contributed by atoms with Gasteiger partial charge in [-0.25, -0.2) is 0 Å². The lowest BCUT2D eigenvalue weighted by Gasteiger charge is -2.06. The molecule has 2 aromatic rings. The predicted molar refractivity (Wildman–Crippen MR) is 94.0 cm³/mol. The van der Waals surface area contributed by atoms with Gasteiger partial charge < -0.3 is 5.32 Å². The fourth-order valence-electron chi connectivity index (χ4n) is 2.61. The molecular weight excluding hydrogens is 375 g/mol. The van der Waals surface area contributed by atoms with Gasteiger partial charge in [0.2, 0.25) is 5.91 Å². The number of amides is 1. The molecule has 1 saturated carbocycles. The van der Waals surface area contributed by atoms with Gasteiger partial charge in [-0.05, 0) is 48.2 Å². The van der Waals surface area contributed by atoms with Gasteiger partial charge in [0.1, 0.15) is 5.02 Å². The molecule has 2 aromatic carbocycles. The van der Waals surface area contributed by atoms with Crippen LogP contribution in [-0.2, 0) is 4.79 Å². The number of anilines is 1. The van der Waals surface area contributed by atoms with Gasteiger partial charge in [-0.15, -0.1) is 0 Å². The van der Waals surface area contributed by atoms with Crippen molar-refractivity contribution in [3.05, 3.63) is 67.1 Å². The molecule has 0 aliphatic heterocycles. The summed E-state index contributed by atoms with van der Waals surface area (Å²) in [5.41, 5.74) is 1.00. The largest absolute Gasteiger partial charge is 0.326 e. The molecule has 1 N–H and O–H groups in total. The lowest BCUT2D eigenvalue weighted by atomic mass is 10.1. The lowest BCUT2D eigenvalue weighted by Crippen LogP contribution is -2.14. The molecule has 1 aliphatic carbocycles. The van der Waals surface area contributed by atoms with Gasteiger partial charge in [-0.1, -0.05) is 34.8 Å². The lowest BCUT2D eigenvalue weighted by molar-refractivity contribution is -0.384. The highest BCUT2D eigenvalue weighted by Crippen LogP contribution is 2.49. The highest BCUT2D eigenvalue weighted by molar-refractivity contribution is 6.34. The Hall–Kier alpha value is -1.82. The van der Waals surface area contributed by atoms with Gasteiger partial charge in [-0.2, -0.15) is 0 Å². The fraction of sp³-hybridized carbons (Fsp3) is 0.188. The summed E-state index contributed by atoms with van der Waals surface area (Å²) in [5.74, 6) is -0.370. The number of halogens is 3. The SMILES string of the molecule is O=C(Nc1ccc(Cl)c([N+](=O)[O-])c1)C1CC1c1cc(Cl)cc(Cl)c1. The number of nitro benzene ring substituents is 1. The van der Waals surface area contributed by atoms with Crippen LogP contribution < -0.4 is 5.32 Å². The molecule has 2 atom stereocenters. The second-order valence-electron chi connectivity index (χ2n) is 5.56. The number of nitrogens with one attached hydrogen (secondary N) is 1. The third-order valence-corrected chi connectivity index (χ3v) is 4.61. The minimum atomic E-state index is -0.591. The molecule has 0 aromatic heterocycles. The van der Waals surface area contributed by atoms with E-state index in [1.807, 2.05) is 0 Å². The first kappa shape index (κ1) is 17.0. The molecule has 0 heterocycles. The van der Waals surface area contributed by atoms with E-state index in [9.17, 15) is 14.9 Å². The van der Waals surface area contributed by atoms with Crippen molar-refractivity contribution < 1.29 is 9.72 Å². The monoisotopic (exact) mass is 384 g/mol. The van der Waals surface area contributed by atoms with Gasteiger partial charge in [0.25, 0.3) is 5.69 Å². The third kappa shape index (κ3) is 3.64. The number of nitro groups is 1. The van der Waals surface area contributed by atoms with Crippen LogP contribution in [0.3, 0.4) is 0 Å². The Morgan fingerprint density at radius 3 is 2.42 bits per heavy atom. The average molecular weight is 386 g/mol. The summed E-state index contributed by atoms with van der Waals surface area (Å²) in [5, 5.41) is 14.7.